The lowest BCUT2D eigenvalue weighted by molar-refractivity contribution is -0.142. The molecular weight excluding hydrogens is 497 g/mol. The Morgan fingerprint density at radius 1 is 1.05 bits per heavy atom. The topological polar surface area (TPSA) is 87.7 Å². The Balaban J connectivity index is 1.33. The van der Waals surface area contributed by atoms with E-state index in [2.05, 4.69) is 10.6 Å². The first kappa shape index (κ1) is 25.7. The zero-order valence-electron chi connectivity index (χ0n) is 22.3. The van der Waals surface area contributed by atoms with Gasteiger partial charge in [0.25, 0.3) is 0 Å². The van der Waals surface area contributed by atoms with Crippen molar-refractivity contribution < 1.29 is 23.5 Å². The summed E-state index contributed by atoms with van der Waals surface area (Å²) in [6.07, 6.45) is 7.96. The molecule has 1 spiro atoms. The number of nitrogens with zero attached hydrogens (tertiary/aromatic N) is 1. The first-order valence-corrected chi connectivity index (χ1v) is 13.9. The molecule has 2 aromatic carbocycles. The predicted octanol–water partition coefficient (Wildman–Crippen LogP) is 4.18. The first-order chi connectivity index (χ1) is 18.8. The van der Waals surface area contributed by atoms with Crippen molar-refractivity contribution in [2.45, 2.75) is 76.3 Å². The lowest BCUT2D eigenvalue weighted by Gasteiger charge is -2.34. The van der Waals surface area contributed by atoms with Gasteiger partial charge in [-0.3, -0.25) is 14.4 Å². The van der Waals surface area contributed by atoms with Gasteiger partial charge in [-0.15, -0.1) is 0 Å². The third kappa shape index (κ3) is 4.35. The number of amides is 3. The van der Waals surface area contributed by atoms with Crippen LogP contribution in [-0.2, 0) is 25.7 Å². The number of hydrogen-bond donors (Lipinski definition) is 2. The van der Waals surface area contributed by atoms with E-state index < -0.39 is 35.4 Å². The van der Waals surface area contributed by atoms with Crippen molar-refractivity contribution in [2.24, 2.45) is 11.8 Å². The highest BCUT2D eigenvalue weighted by Crippen LogP contribution is 2.55. The lowest BCUT2D eigenvalue weighted by atomic mass is 9.74. The van der Waals surface area contributed by atoms with Crippen molar-refractivity contribution in [2.75, 3.05) is 5.32 Å². The quantitative estimate of drug-likeness (QED) is 0.548. The number of rotatable bonds is 6. The fraction of sp³-hybridized carbons (Fsp3) is 0.452. The van der Waals surface area contributed by atoms with Gasteiger partial charge in [-0.05, 0) is 56.0 Å². The normalized spacial score (nSPS) is 29.5. The van der Waals surface area contributed by atoms with E-state index in [9.17, 15) is 18.8 Å². The lowest BCUT2D eigenvalue weighted by Crippen LogP contribution is -2.56. The summed E-state index contributed by atoms with van der Waals surface area (Å²) in [6.45, 7) is 3.89. The first-order valence-electron chi connectivity index (χ1n) is 13.9. The average molecular weight is 532 g/mol. The fourth-order valence-electron chi connectivity index (χ4n) is 6.82. The van der Waals surface area contributed by atoms with Crippen LogP contribution in [0.1, 0.15) is 48.8 Å². The van der Waals surface area contributed by atoms with E-state index in [0.29, 0.717) is 11.3 Å². The third-order valence-electron chi connectivity index (χ3n) is 8.95. The Bertz CT molecular complexity index is 1350. The van der Waals surface area contributed by atoms with Gasteiger partial charge in [0.05, 0.1) is 17.9 Å². The molecule has 1 saturated carbocycles. The van der Waals surface area contributed by atoms with Crippen LogP contribution in [0.4, 0.5) is 10.1 Å². The standard InChI is InChI=1S/C31H34FN3O4/c1-18-12-13-22(16-19(18)2)34-28(36)25-24-14-15-31(39-24)26(25)30(38)35(17-20-8-6-7-11-23(20)32)27(31)29(37)33-21-9-4-3-5-10-21/h6-8,11-16,21,24-27H,3-5,9-10,17H2,1-2H3,(H,33,37)(H,34,36)/t24-,25+,26-,27+,31-/m0/s1. The van der Waals surface area contributed by atoms with Crippen molar-refractivity contribution in [1.82, 2.24) is 10.2 Å². The van der Waals surface area contributed by atoms with Crippen LogP contribution in [0.3, 0.4) is 0 Å². The van der Waals surface area contributed by atoms with Crippen LogP contribution < -0.4 is 10.6 Å². The molecule has 204 valence electrons. The van der Waals surface area contributed by atoms with Crippen LogP contribution in [0.15, 0.2) is 54.6 Å². The van der Waals surface area contributed by atoms with Crippen molar-refractivity contribution in [3.8, 4) is 0 Å². The summed E-state index contributed by atoms with van der Waals surface area (Å²) in [5.74, 6) is -3.14. The molecule has 6 rings (SSSR count). The van der Waals surface area contributed by atoms with Gasteiger partial charge in [0.15, 0.2) is 0 Å². The van der Waals surface area contributed by atoms with Crippen LogP contribution in [0.2, 0.25) is 0 Å². The molecule has 5 atom stereocenters. The molecule has 2 N–H and O–H groups in total. The Morgan fingerprint density at radius 2 is 1.82 bits per heavy atom. The SMILES string of the molecule is Cc1ccc(NC(=O)[C@@H]2[C@@H]3C=C[C@]4(O3)[C@@H]2C(=O)N(Cc2ccccc2F)[C@@H]4C(=O)NC2CCCCC2)cc1C. The van der Waals surface area contributed by atoms with Gasteiger partial charge in [-0.25, -0.2) is 4.39 Å². The number of carbonyl (C=O) groups is 3. The molecule has 3 aliphatic heterocycles. The Morgan fingerprint density at radius 3 is 2.56 bits per heavy atom. The Hall–Kier alpha value is -3.52. The number of hydrogen-bond acceptors (Lipinski definition) is 4. The minimum absolute atomic E-state index is 0.0265. The van der Waals surface area contributed by atoms with Gasteiger partial charge < -0.3 is 20.3 Å². The molecule has 39 heavy (non-hydrogen) atoms. The van der Waals surface area contributed by atoms with E-state index >= 15 is 0 Å². The van der Waals surface area contributed by atoms with E-state index in [1.165, 1.54) is 11.0 Å². The van der Waals surface area contributed by atoms with Crippen LogP contribution in [-0.4, -0.2) is 46.4 Å². The van der Waals surface area contributed by atoms with Crippen molar-refractivity contribution in [3.05, 3.63) is 77.1 Å². The van der Waals surface area contributed by atoms with E-state index in [0.717, 1.165) is 43.2 Å². The molecule has 2 aromatic rings. The molecule has 2 saturated heterocycles. The number of aryl methyl sites for hydroxylation is 2. The second-order valence-corrected chi connectivity index (χ2v) is 11.4. The molecule has 0 radical (unpaired) electrons. The summed E-state index contributed by atoms with van der Waals surface area (Å²) in [4.78, 5) is 43.0. The van der Waals surface area contributed by atoms with E-state index in [1.807, 2.05) is 32.0 Å². The number of halogens is 1. The summed E-state index contributed by atoms with van der Waals surface area (Å²) in [6, 6.07) is 10.9. The molecule has 0 unspecified atom stereocenters. The molecule has 2 bridgehead atoms. The second kappa shape index (κ2) is 9.90. The highest BCUT2D eigenvalue weighted by molar-refractivity contribution is 6.02. The van der Waals surface area contributed by atoms with Crippen LogP contribution in [0, 0.1) is 31.5 Å². The summed E-state index contributed by atoms with van der Waals surface area (Å²) in [7, 11) is 0. The number of likely N-dealkylation sites (tertiary alicyclic amines) is 1. The van der Waals surface area contributed by atoms with Gasteiger partial charge in [0.2, 0.25) is 17.7 Å². The molecule has 4 aliphatic rings. The molecule has 7 nitrogen and oxygen atoms in total. The third-order valence-corrected chi connectivity index (χ3v) is 8.95. The minimum Gasteiger partial charge on any atom is -0.359 e. The maximum Gasteiger partial charge on any atom is 0.246 e. The number of carbonyl (C=O) groups excluding carboxylic acids is 3. The monoisotopic (exact) mass is 531 g/mol. The summed E-state index contributed by atoms with van der Waals surface area (Å²) in [5.41, 5.74) is 1.83. The molecule has 8 heteroatoms. The number of benzene rings is 2. The van der Waals surface area contributed by atoms with Crippen molar-refractivity contribution in [3.63, 3.8) is 0 Å². The number of ether oxygens (including phenoxy) is 1. The zero-order chi connectivity index (χ0) is 27.3. The second-order valence-electron chi connectivity index (χ2n) is 11.4. The number of anilines is 1. The molecule has 3 fully saturated rings. The van der Waals surface area contributed by atoms with Crippen LogP contribution >= 0.6 is 0 Å². The van der Waals surface area contributed by atoms with Crippen LogP contribution in [0.25, 0.3) is 0 Å². The zero-order valence-corrected chi connectivity index (χ0v) is 22.3. The Kier molecular flexibility index (Phi) is 6.53. The molecule has 1 aliphatic carbocycles. The average Bonchev–Trinajstić information content (AvgIpc) is 3.56. The maximum absolute atomic E-state index is 14.7. The van der Waals surface area contributed by atoms with Gasteiger partial charge in [-0.2, -0.15) is 0 Å². The predicted molar refractivity (Wildman–Crippen MR) is 144 cm³/mol. The van der Waals surface area contributed by atoms with Gasteiger partial charge >= 0.3 is 0 Å². The summed E-state index contributed by atoms with van der Waals surface area (Å²) < 4.78 is 21.1. The number of nitrogens with one attached hydrogen (secondary N) is 2. The van der Waals surface area contributed by atoms with Crippen molar-refractivity contribution in [1.29, 1.82) is 0 Å². The van der Waals surface area contributed by atoms with Gasteiger partial charge in [-0.1, -0.05) is 55.7 Å². The van der Waals surface area contributed by atoms with E-state index in [-0.39, 0.29) is 30.3 Å². The van der Waals surface area contributed by atoms with E-state index in [1.54, 1.807) is 30.4 Å². The Labute approximate surface area is 227 Å². The van der Waals surface area contributed by atoms with Gasteiger partial charge in [0, 0.05) is 23.8 Å². The highest BCUT2D eigenvalue weighted by atomic mass is 19.1. The molecule has 3 heterocycles. The highest BCUT2D eigenvalue weighted by Gasteiger charge is 2.72. The van der Waals surface area contributed by atoms with Gasteiger partial charge in [0.1, 0.15) is 17.5 Å². The van der Waals surface area contributed by atoms with Crippen molar-refractivity contribution >= 4 is 23.4 Å². The molecule has 0 aromatic heterocycles. The maximum atomic E-state index is 14.7. The molecular formula is C31H34FN3O4. The minimum atomic E-state index is -1.28. The smallest absolute Gasteiger partial charge is 0.246 e. The fourth-order valence-corrected chi connectivity index (χ4v) is 6.82. The summed E-state index contributed by atoms with van der Waals surface area (Å²) in [5, 5.41) is 6.12. The van der Waals surface area contributed by atoms with Crippen LogP contribution in [0.5, 0.6) is 0 Å². The summed E-state index contributed by atoms with van der Waals surface area (Å²) >= 11 is 0. The molecule has 3 amide bonds. The largest absolute Gasteiger partial charge is 0.359 e. The van der Waals surface area contributed by atoms with E-state index in [4.69, 9.17) is 4.74 Å². The number of fused-ring (bicyclic) bond motifs is 1.